The Labute approximate surface area is 153 Å². The van der Waals surface area contributed by atoms with Gasteiger partial charge < -0.3 is 15.0 Å². The number of hydrogen-bond donors (Lipinski definition) is 1. The van der Waals surface area contributed by atoms with Crippen molar-refractivity contribution in [2.75, 3.05) is 32.7 Å². The second-order valence-corrected chi connectivity index (χ2v) is 9.53. The van der Waals surface area contributed by atoms with E-state index in [1.54, 1.807) is 0 Å². The van der Waals surface area contributed by atoms with Crippen molar-refractivity contribution in [2.24, 2.45) is 11.3 Å². The van der Waals surface area contributed by atoms with Gasteiger partial charge in [0.15, 0.2) is 0 Å². The van der Waals surface area contributed by atoms with Crippen LogP contribution in [-0.2, 0) is 9.53 Å². The molecule has 0 radical (unpaired) electrons. The van der Waals surface area contributed by atoms with Gasteiger partial charge in [-0.05, 0) is 32.1 Å². The van der Waals surface area contributed by atoms with Gasteiger partial charge in [-0.25, -0.2) is 4.79 Å². The maximum absolute atomic E-state index is 12.9. The highest BCUT2D eigenvalue weighted by Gasteiger charge is 2.32. The molecule has 1 atom stereocenters. The van der Waals surface area contributed by atoms with E-state index in [0.29, 0.717) is 13.1 Å². The number of carbonyl (C=O) groups is 2. The molecule has 1 aliphatic rings. The molecule has 1 heterocycles. The van der Waals surface area contributed by atoms with Crippen molar-refractivity contribution in [3.63, 3.8) is 0 Å². The molecule has 1 aliphatic heterocycles. The largest absolute Gasteiger partial charge is 0.444 e. The van der Waals surface area contributed by atoms with Crippen LogP contribution in [0.3, 0.4) is 0 Å². The number of nitrogens with one attached hydrogen (secondary N) is 1. The maximum atomic E-state index is 12.9. The number of rotatable bonds is 4. The third kappa shape index (κ3) is 8.08. The molecule has 6 heteroatoms. The Morgan fingerprint density at radius 2 is 1.52 bits per heavy atom. The van der Waals surface area contributed by atoms with Crippen LogP contribution in [0, 0.1) is 11.3 Å². The zero-order valence-corrected chi connectivity index (χ0v) is 17.3. The molecule has 6 nitrogen and oxygen atoms in total. The van der Waals surface area contributed by atoms with E-state index >= 15 is 0 Å². The average molecular weight is 356 g/mol. The summed E-state index contributed by atoms with van der Waals surface area (Å²) in [5, 5.41) is 2.75. The zero-order chi connectivity index (χ0) is 19.4. The first kappa shape index (κ1) is 21.7. The van der Waals surface area contributed by atoms with Crippen LogP contribution in [0.2, 0.25) is 0 Å². The summed E-state index contributed by atoms with van der Waals surface area (Å²) >= 11 is 0. The molecule has 146 valence electrons. The van der Waals surface area contributed by atoms with Crippen molar-refractivity contribution in [1.82, 2.24) is 15.1 Å². The first-order chi connectivity index (χ1) is 11.3. The lowest BCUT2D eigenvalue weighted by Crippen LogP contribution is -2.57. The molecule has 1 unspecified atom stereocenters. The second kappa shape index (κ2) is 8.39. The molecule has 2 amide bonds. The Morgan fingerprint density at radius 1 is 1.00 bits per heavy atom. The predicted octanol–water partition coefficient (Wildman–Crippen LogP) is 2.73. The summed E-state index contributed by atoms with van der Waals surface area (Å²) in [7, 11) is 0. The highest BCUT2D eigenvalue weighted by molar-refractivity contribution is 5.86. The van der Waals surface area contributed by atoms with E-state index in [2.05, 4.69) is 31.0 Å². The molecule has 25 heavy (non-hydrogen) atoms. The molecule has 0 spiro atoms. The first-order valence-electron chi connectivity index (χ1n) is 9.29. The lowest BCUT2D eigenvalue weighted by atomic mass is 9.95. The van der Waals surface area contributed by atoms with Gasteiger partial charge in [0.05, 0.1) is 0 Å². The molecule has 0 aromatic carbocycles. The van der Waals surface area contributed by atoms with Crippen LogP contribution in [-0.4, -0.2) is 66.2 Å². The van der Waals surface area contributed by atoms with Gasteiger partial charge in [0.1, 0.15) is 11.6 Å². The normalized spacial score (nSPS) is 18.2. The van der Waals surface area contributed by atoms with E-state index in [-0.39, 0.29) is 17.2 Å². The smallest absolute Gasteiger partial charge is 0.408 e. The van der Waals surface area contributed by atoms with Crippen molar-refractivity contribution >= 4 is 12.0 Å². The number of amides is 2. The number of alkyl carbamates (subject to hydrolysis) is 1. The van der Waals surface area contributed by atoms with E-state index < -0.39 is 17.7 Å². The van der Waals surface area contributed by atoms with Crippen LogP contribution in [0.1, 0.15) is 55.4 Å². The molecular weight excluding hydrogens is 318 g/mol. The Morgan fingerprint density at radius 3 is 1.92 bits per heavy atom. The molecule has 0 saturated carbocycles. The van der Waals surface area contributed by atoms with Crippen LogP contribution in [0.4, 0.5) is 4.79 Å². The third-order valence-corrected chi connectivity index (χ3v) is 3.99. The lowest BCUT2D eigenvalue weighted by molar-refractivity contribution is -0.136. The zero-order valence-electron chi connectivity index (χ0n) is 17.3. The Hall–Kier alpha value is -1.30. The topological polar surface area (TPSA) is 61.9 Å². The minimum Gasteiger partial charge on any atom is -0.444 e. The predicted molar refractivity (Wildman–Crippen MR) is 100 cm³/mol. The molecule has 0 bridgehead atoms. The van der Waals surface area contributed by atoms with E-state index in [4.69, 9.17) is 4.74 Å². The Bertz CT molecular complexity index is 456. The van der Waals surface area contributed by atoms with Gasteiger partial charge in [0.25, 0.3) is 0 Å². The average Bonchev–Trinajstić information content (AvgIpc) is 2.41. The van der Waals surface area contributed by atoms with Gasteiger partial charge in [0.2, 0.25) is 5.91 Å². The summed E-state index contributed by atoms with van der Waals surface area (Å²) in [5.74, 6) is -0.0103. The fourth-order valence-electron chi connectivity index (χ4n) is 2.94. The van der Waals surface area contributed by atoms with Gasteiger partial charge in [-0.3, -0.25) is 9.69 Å². The van der Waals surface area contributed by atoms with Gasteiger partial charge in [0, 0.05) is 32.7 Å². The van der Waals surface area contributed by atoms with Crippen molar-refractivity contribution in [2.45, 2.75) is 67.0 Å². The fraction of sp³-hybridized carbons (Fsp3) is 0.895. The summed E-state index contributed by atoms with van der Waals surface area (Å²) < 4.78 is 5.30. The van der Waals surface area contributed by atoms with Crippen LogP contribution >= 0.6 is 0 Å². The minimum atomic E-state index is -0.576. The fourth-order valence-corrected chi connectivity index (χ4v) is 2.94. The monoisotopic (exact) mass is 355 g/mol. The van der Waals surface area contributed by atoms with Gasteiger partial charge in [-0.2, -0.15) is 0 Å². The molecule has 0 aliphatic carbocycles. The minimum absolute atomic E-state index is 0.00706. The van der Waals surface area contributed by atoms with Crippen LogP contribution in [0.15, 0.2) is 0 Å². The molecule has 1 rings (SSSR count). The third-order valence-electron chi connectivity index (χ3n) is 3.99. The SMILES string of the molecule is CC(C)C(NC(=O)OC(C)(C)C)C(=O)N1CCN(CC(C)(C)C)CC1. The molecule has 1 saturated heterocycles. The standard InChI is InChI=1S/C19H37N3O3/c1-14(2)15(20-17(24)25-19(6,7)8)16(23)22-11-9-21(10-12-22)13-18(3,4)5/h14-15H,9-13H2,1-8H3,(H,20,24). The van der Waals surface area contributed by atoms with Gasteiger partial charge in [-0.1, -0.05) is 34.6 Å². The quantitative estimate of drug-likeness (QED) is 0.842. The Kier molecular flexibility index (Phi) is 7.29. The van der Waals surface area contributed by atoms with E-state index in [1.165, 1.54) is 0 Å². The number of piperazine rings is 1. The number of ether oxygens (including phenoxy) is 1. The summed E-state index contributed by atoms with van der Waals surface area (Å²) in [6, 6.07) is -0.552. The van der Waals surface area contributed by atoms with E-state index in [0.717, 1.165) is 19.6 Å². The van der Waals surface area contributed by atoms with Crippen molar-refractivity contribution in [3.8, 4) is 0 Å². The van der Waals surface area contributed by atoms with Crippen molar-refractivity contribution in [3.05, 3.63) is 0 Å². The van der Waals surface area contributed by atoms with Crippen molar-refractivity contribution < 1.29 is 14.3 Å². The first-order valence-corrected chi connectivity index (χ1v) is 9.29. The summed E-state index contributed by atoms with van der Waals surface area (Å²) in [6.07, 6.45) is -0.536. The van der Waals surface area contributed by atoms with Crippen molar-refractivity contribution in [1.29, 1.82) is 0 Å². The van der Waals surface area contributed by atoms with E-state index in [9.17, 15) is 9.59 Å². The van der Waals surface area contributed by atoms with E-state index in [1.807, 2.05) is 39.5 Å². The van der Waals surface area contributed by atoms with Gasteiger partial charge >= 0.3 is 6.09 Å². The number of nitrogens with zero attached hydrogens (tertiary/aromatic N) is 2. The molecular formula is C19H37N3O3. The summed E-state index contributed by atoms with van der Waals surface area (Å²) in [5.41, 5.74) is -0.321. The number of carbonyl (C=O) groups excluding carboxylic acids is 2. The van der Waals surface area contributed by atoms with Crippen LogP contribution in [0.5, 0.6) is 0 Å². The maximum Gasteiger partial charge on any atom is 0.408 e. The highest BCUT2D eigenvalue weighted by atomic mass is 16.6. The highest BCUT2D eigenvalue weighted by Crippen LogP contribution is 2.17. The number of hydrogen-bond acceptors (Lipinski definition) is 4. The molecule has 1 N–H and O–H groups in total. The molecule has 0 aromatic heterocycles. The Balaban J connectivity index is 2.61. The van der Waals surface area contributed by atoms with Gasteiger partial charge in [-0.15, -0.1) is 0 Å². The second-order valence-electron chi connectivity index (χ2n) is 9.53. The molecule has 0 aromatic rings. The summed E-state index contributed by atoms with van der Waals surface area (Å²) in [4.78, 5) is 29.2. The summed E-state index contributed by atoms with van der Waals surface area (Å²) in [6.45, 7) is 20.2. The van der Waals surface area contributed by atoms with Crippen LogP contribution in [0.25, 0.3) is 0 Å². The van der Waals surface area contributed by atoms with Crippen LogP contribution < -0.4 is 5.32 Å². The molecule has 1 fully saturated rings. The lowest BCUT2D eigenvalue weighted by Gasteiger charge is -2.39.